The van der Waals surface area contributed by atoms with Crippen molar-refractivity contribution in [2.45, 2.75) is 38.9 Å². The number of carbonyl (C=O) groups is 3. The van der Waals surface area contributed by atoms with E-state index in [1.807, 2.05) is 6.07 Å². The van der Waals surface area contributed by atoms with Crippen LogP contribution in [0.1, 0.15) is 46.2 Å². The maximum Gasteiger partial charge on any atom is 0.332 e. The van der Waals surface area contributed by atoms with E-state index >= 15 is 0 Å². The van der Waals surface area contributed by atoms with E-state index in [9.17, 15) is 24.0 Å². The molecule has 1 aliphatic rings. The van der Waals surface area contributed by atoms with Crippen LogP contribution in [0.4, 0.5) is 5.82 Å². The van der Waals surface area contributed by atoms with Crippen molar-refractivity contribution in [1.29, 1.82) is 0 Å². The molecule has 3 heterocycles. The van der Waals surface area contributed by atoms with Gasteiger partial charge in [-0.15, -0.1) is 0 Å². The van der Waals surface area contributed by atoms with Crippen LogP contribution in [-0.4, -0.2) is 50.9 Å². The van der Waals surface area contributed by atoms with Gasteiger partial charge in [0.1, 0.15) is 17.4 Å². The zero-order chi connectivity index (χ0) is 25.8. The number of esters is 1. The fourth-order valence-electron chi connectivity index (χ4n) is 4.28. The zero-order valence-electron chi connectivity index (χ0n) is 19.7. The van der Waals surface area contributed by atoms with Gasteiger partial charge >= 0.3 is 11.7 Å². The number of amides is 1. The van der Waals surface area contributed by atoms with Gasteiger partial charge in [0, 0.05) is 13.1 Å². The molecule has 0 aliphatic carbocycles. The van der Waals surface area contributed by atoms with Crippen molar-refractivity contribution in [3.63, 3.8) is 0 Å². The van der Waals surface area contributed by atoms with Gasteiger partial charge in [-0.05, 0) is 37.5 Å². The highest BCUT2D eigenvalue weighted by atomic mass is 16.5. The third-order valence-electron chi connectivity index (χ3n) is 6.11. The fraction of sp³-hybridized carbons (Fsp3) is 0.320. The lowest BCUT2D eigenvalue weighted by atomic mass is 10.1. The van der Waals surface area contributed by atoms with E-state index in [-0.39, 0.29) is 24.7 Å². The van der Waals surface area contributed by atoms with Crippen molar-refractivity contribution in [2.75, 3.05) is 18.9 Å². The summed E-state index contributed by atoms with van der Waals surface area (Å²) in [4.78, 5) is 65.5. The molecule has 1 aliphatic heterocycles. The quantitative estimate of drug-likeness (QED) is 0.364. The molecular weight excluding hydrogens is 468 g/mol. The van der Waals surface area contributed by atoms with E-state index in [1.54, 1.807) is 37.3 Å². The number of rotatable bonds is 8. The summed E-state index contributed by atoms with van der Waals surface area (Å²) in [6.07, 6.45) is 2.31. The van der Waals surface area contributed by atoms with Crippen LogP contribution in [0.2, 0.25) is 0 Å². The summed E-state index contributed by atoms with van der Waals surface area (Å²) in [6.45, 7) is 1.26. The van der Waals surface area contributed by atoms with Gasteiger partial charge in [0.2, 0.25) is 5.78 Å². The number of nitrogen functional groups attached to an aromatic ring is 1. The number of anilines is 1. The average Bonchev–Trinajstić information content (AvgIpc) is 3.58. The molecule has 2 aromatic heterocycles. The number of Topliss-reactive ketones (excluding diaryl/α,β-unsaturated/α-hetero) is 1. The molecule has 11 heteroatoms. The Kier molecular flexibility index (Phi) is 7.18. The first-order valence-corrected chi connectivity index (χ1v) is 11.5. The molecule has 1 saturated heterocycles. The molecule has 1 aromatic carbocycles. The van der Waals surface area contributed by atoms with Crippen molar-refractivity contribution in [2.24, 2.45) is 0 Å². The van der Waals surface area contributed by atoms with Gasteiger partial charge in [0.15, 0.2) is 12.4 Å². The predicted molar refractivity (Wildman–Crippen MR) is 129 cm³/mol. The van der Waals surface area contributed by atoms with Crippen LogP contribution in [0.25, 0.3) is 0 Å². The van der Waals surface area contributed by atoms with Gasteiger partial charge in [-0.3, -0.25) is 23.5 Å². The second kappa shape index (κ2) is 10.5. The molecule has 1 fully saturated rings. The summed E-state index contributed by atoms with van der Waals surface area (Å²) in [7, 11) is 0. The van der Waals surface area contributed by atoms with Crippen LogP contribution >= 0.6 is 0 Å². The lowest BCUT2D eigenvalue weighted by Crippen LogP contribution is -2.45. The van der Waals surface area contributed by atoms with Crippen molar-refractivity contribution in [1.82, 2.24) is 14.0 Å². The first kappa shape index (κ1) is 24.7. The number of likely N-dealkylation sites (tertiary alicyclic amines) is 1. The molecule has 4 rings (SSSR count). The van der Waals surface area contributed by atoms with Crippen LogP contribution in [0.3, 0.4) is 0 Å². The summed E-state index contributed by atoms with van der Waals surface area (Å²) in [5.41, 5.74) is 4.97. The Bertz CT molecular complexity index is 1390. The molecule has 36 heavy (non-hydrogen) atoms. The Labute approximate surface area is 205 Å². The number of furan rings is 1. The van der Waals surface area contributed by atoms with Gasteiger partial charge in [0.25, 0.3) is 11.5 Å². The highest BCUT2D eigenvalue weighted by molar-refractivity contribution is 6.01. The summed E-state index contributed by atoms with van der Waals surface area (Å²) in [5.74, 6) is -2.26. The van der Waals surface area contributed by atoms with E-state index in [2.05, 4.69) is 0 Å². The van der Waals surface area contributed by atoms with Crippen LogP contribution in [0.15, 0.2) is 62.7 Å². The Morgan fingerprint density at radius 3 is 2.50 bits per heavy atom. The molecule has 0 saturated carbocycles. The molecule has 188 valence electrons. The molecule has 2 N–H and O–H groups in total. The van der Waals surface area contributed by atoms with E-state index in [1.165, 1.54) is 17.2 Å². The fourth-order valence-corrected chi connectivity index (χ4v) is 4.28. The van der Waals surface area contributed by atoms with Crippen molar-refractivity contribution >= 4 is 23.5 Å². The molecule has 0 radical (unpaired) electrons. The molecule has 3 aromatic rings. The number of benzene rings is 1. The third-order valence-corrected chi connectivity index (χ3v) is 6.11. The molecule has 1 amide bonds. The number of nitrogens with zero attached hydrogens (tertiary/aromatic N) is 3. The smallest absolute Gasteiger partial charge is 0.332 e. The predicted octanol–water partition coefficient (Wildman–Crippen LogP) is 1.28. The van der Waals surface area contributed by atoms with Crippen LogP contribution in [0, 0.1) is 0 Å². The number of hydrogen-bond donors (Lipinski definition) is 1. The van der Waals surface area contributed by atoms with E-state index < -0.39 is 47.1 Å². The average molecular weight is 495 g/mol. The molecule has 0 spiro atoms. The normalized spacial score (nSPS) is 15.1. The summed E-state index contributed by atoms with van der Waals surface area (Å²) in [6, 6.07) is 11.2. The molecule has 11 nitrogen and oxygen atoms in total. The summed E-state index contributed by atoms with van der Waals surface area (Å²) < 4.78 is 12.4. The van der Waals surface area contributed by atoms with Crippen LogP contribution in [0.5, 0.6) is 0 Å². The minimum atomic E-state index is -0.882. The number of hydrogen-bond acceptors (Lipinski definition) is 8. The first-order chi connectivity index (χ1) is 17.3. The van der Waals surface area contributed by atoms with E-state index in [0.29, 0.717) is 19.4 Å². The monoisotopic (exact) mass is 494 g/mol. The van der Waals surface area contributed by atoms with Gasteiger partial charge in [-0.25, -0.2) is 9.59 Å². The molecule has 0 unspecified atom stereocenters. The highest BCUT2D eigenvalue weighted by Gasteiger charge is 2.37. The Morgan fingerprint density at radius 2 is 1.83 bits per heavy atom. The number of nitrogens with two attached hydrogens (primary N) is 1. The summed E-state index contributed by atoms with van der Waals surface area (Å²) >= 11 is 0. The van der Waals surface area contributed by atoms with Gasteiger partial charge < -0.3 is 19.8 Å². The number of aromatic nitrogens is 2. The zero-order valence-corrected chi connectivity index (χ0v) is 19.7. The van der Waals surface area contributed by atoms with Crippen molar-refractivity contribution in [3.8, 4) is 0 Å². The first-order valence-electron chi connectivity index (χ1n) is 11.5. The van der Waals surface area contributed by atoms with Gasteiger partial charge in [0.05, 0.1) is 12.8 Å². The molecule has 0 bridgehead atoms. The molecule has 1 atom stereocenters. The van der Waals surface area contributed by atoms with Crippen LogP contribution < -0.4 is 17.0 Å². The van der Waals surface area contributed by atoms with E-state index in [0.717, 1.165) is 14.7 Å². The largest absolute Gasteiger partial charge is 0.459 e. The van der Waals surface area contributed by atoms with Crippen molar-refractivity contribution in [3.05, 3.63) is 86.5 Å². The van der Waals surface area contributed by atoms with Crippen LogP contribution in [-0.2, 0) is 22.6 Å². The SMILES string of the molecule is CCn1c(=O)c(C(=O)COC(=O)[C@@H]2CCCN2C(=O)c2ccco2)c(N)n(Cc2ccccc2)c1=O. The third kappa shape index (κ3) is 4.72. The maximum atomic E-state index is 13.0. The standard InChI is InChI=1S/C25H26N4O7/c1-2-27-23(32)20(21(26)29(25(27)34)14-16-8-4-3-5-9-16)18(30)15-36-24(33)17-10-6-12-28(17)22(31)19-11-7-13-35-19/h3-5,7-9,11,13,17H,2,6,10,12,14-15,26H2,1H3/t17-/m0/s1. The molecular formula is C25H26N4O7. The summed E-state index contributed by atoms with van der Waals surface area (Å²) in [5, 5.41) is 0. The highest BCUT2D eigenvalue weighted by Crippen LogP contribution is 2.22. The number of ether oxygens (including phenoxy) is 1. The lowest BCUT2D eigenvalue weighted by Gasteiger charge is -2.22. The van der Waals surface area contributed by atoms with Gasteiger partial charge in [-0.1, -0.05) is 30.3 Å². The number of carbonyl (C=O) groups excluding carboxylic acids is 3. The van der Waals surface area contributed by atoms with Gasteiger partial charge in [-0.2, -0.15) is 0 Å². The second-order valence-corrected chi connectivity index (χ2v) is 8.33. The topological polar surface area (TPSA) is 147 Å². The Morgan fingerprint density at radius 1 is 1.08 bits per heavy atom. The van der Waals surface area contributed by atoms with Crippen molar-refractivity contribution < 1.29 is 23.5 Å². The Balaban J connectivity index is 1.54. The minimum Gasteiger partial charge on any atom is -0.459 e. The van der Waals surface area contributed by atoms with E-state index in [4.69, 9.17) is 14.9 Å². The Hall–Kier alpha value is -4.41. The lowest BCUT2D eigenvalue weighted by molar-refractivity contribution is -0.147. The number of ketones is 1. The minimum absolute atomic E-state index is 0.0265. The second-order valence-electron chi connectivity index (χ2n) is 8.33. The maximum absolute atomic E-state index is 13.0.